The van der Waals surface area contributed by atoms with Crippen LogP contribution in [0.25, 0.3) is 0 Å². The van der Waals surface area contributed by atoms with Gasteiger partial charge in [-0.25, -0.2) is 0 Å². The van der Waals surface area contributed by atoms with Crippen LogP contribution in [0, 0.1) is 13.8 Å². The van der Waals surface area contributed by atoms with Crippen LogP contribution in [0.3, 0.4) is 0 Å². The van der Waals surface area contributed by atoms with Gasteiger partial charge in [-0.3, -0.25) is 9.69 Å². The molecular weight excluding hydrogens is 322 g/mol. The number of nitrogens with two attached hydrogens (primary N) is 1. The Hall–Kier alpha value is -2.17. The van der Waals surface area contributed by atoms with E-state index in [1.165, 1.54) is 24.0 Å². The maximum absolute atomic E-state index is 12.6. The van der Waals surface area contributed by atoms with Crippen molar-refractivity contribution in [2.45, 2.75) is 38.8 Å². The largest absolute Gasteiger partial charge is 0.353 e. The minimum absolute atomic E-state index is 0.120. The summed E-state index contributed by atoms with van der Waals surface area (Å²) in [6.07, 6.45) is 2.44. The van der Waals surface area contributed by atoms with Gasteiger partial charge in [0.1, 0.15) is 6.04 Å². The van der Waals surface area contributed by atoms with E-state index in [9.17, 15) is 4.79 Å². The summed E-state index contributed by atoms with van der Waals surface area (Å²) in [5.41, 5.74) is 10.7. The Balaban J connectivity index is 1.67. The summed E-state index contributed by atoms with van der Waals surface area (Å²) >= 11 is 0. The summed E-state index contributed by atoms with van der Waals surface area (Å²) in [4.78, 5) is 15.0. The number of carbonyl (C=O) groups excluding carboxylic acids is 1. The first-order chi connectivity index (χ1) is 12.5. The van der Waals surface area contributed by atoms with Gasteiger partial charge >= 0.3 is 0 Å². The molecule has 4 heteroatoms. The Morgan fingerprint density at radius 1 is 0.962 bits per heavy atom. The van der Waals surface area contributed by atoms with Crippen molar-refractivity contribution < 1.29 is 4.79 Å². The molecule has 1 aliphatic heterocycles. The lowest BCUT2D eigenvalue weighted by molar-refractivity contribution is -0.122. The first-order valence-corrected chi connectivity index (χ1v) is 9.45. The van der Waals surface area contributed by atoms with Crippen LogP contribution in [-0.2, 0) is 4.79 Å². The molecule has 2 atom stereocenters. The molecule has 0 aliphatic carbocycles. The second-order valence-electron chi connectivity index (χ2n) is 7.30. The van der Waals surface area contributed by atoms with Gasteiger partial charge in [-0.05, 0) is 50.9 Å². The van der Waals surface area contributed by atoms with Crippen LogP contribution >= 0.6 is 0 Å². The first kappa shape index (κ1) is 18.6. The standard InChI is InChI=1S/C22H29N3O/c1-16-5-9-18(10-6-16)20(25-13-3-4-14-25)15-24-22(26)21(23)19-11-7-17(2)8-12-19/h5-12,20-21H,3-4,13-15,23H2,1-2H3,(H,24,26). The number of nitrogens with one attached hydrogen (secondary N) is 1. The topological polar surface area (TPSA) is 58.4 Å². The molecule has 1 aliphatic rings. The van der Waals surface area contributed by atoms with E-state index in [1.807, 2.05) is 31.2 Å². The smallest absolute Gasteiger partial charge is 0.241 e. The predicted octanol–water partition coefficient (Wildman–Crippen LogP) is 3.26. The third kappa shape index (κ3) is 4.51. The lowest BCUT2D eigenvalue weighted by Crippen LogP contribution is -2.40. The molecule has 0 spiro atoms. The fourth-order valence-electron chi connectivity index (χ4n) is 3.53. The summed E-state index contributed by atoms with van der Waals surface area (Å²) < 4.78 is 0. The zero-order valence-electron chi connectivity index (χ0n) is 15.7. The monoisotopic (exact) mass is 351 g/mol. The molecule has 1 fully saturated rings. The molecule has 0 radical (unpaired) electrons. The quantitative estimate of drug-likeness (QED) is 0.840. The number of amides is 1. The van der Waals surface area contributed by atoms with Crippen LogP contribution in [0.15, 0.2) is 48.5 Å². The molecule has 3 N–H and O–H groups in total. The van der Waals surface area contributed by atoms with Crippen molar-refractivity contribution in [3.8, 4) is 0 Å². The highest BCUT2D eigenvalue weighted by Crippen LogP contribution is 2.25. The summed E-state index contributed by atoms with van der Waals surface area (Å²) in [7, 11) is 0. The Labute approximate surface area is 156 Å². The van der Waals surface area contributed by atoms with Gasteiger partial charge < -0.3 is 11.1 Å². The lowest BCUT2D eigenvalue weighted by Gasteiger charge is -2.29. The Morgan fingerprint density at radius 3 is 2.00 bits per heavy atom. The van der Waals surface area contributed by atoms with E-state index in [-0.39, 0.29) is 11.9 Å². The van der Waals surface area contributed by atoms with Gasteiger partial charge in [-0.1, -0.05) is 59.7 Å². The molecule has 138 valence electrons. The van der Waals surface area contributed by atoms with Gasteiger partial charge in [-0.15, -0.1) is 0 Å². The van der Waals surface area contributed by atoms with Crippen molar-refractivity contribution in [2.24, 2.45) is 5.73 Å². The molecule has 2 unspecified atom stereocenters. The van der Waals surface area contributed by atoms with Crippen molar-refractivity contribution in [3.05, 3.63) is 70.8 Å². The van der Waals surface area contributed by atoms with Gasteiger partial charge in [0, 0.05) is 6.54 Å². The molecule has 1 heterocycles. The van der Waals surface area contributed by atoms with E-state index < -0.39 is 6.04 Å². The molecule has 4 nitrogen and oxygen atoms in total. The SMILES string of the molecule is Cc1ccc(C(N)C(=O)NCC(c2ccc(C)cc2)N2CCCC2)cc1. The Morgan fingerprint density at radius 2 is 1.46 bits per heavy atom. The highest BCUT2D eigenvalue weighted by atomic mass is 16.2. The average molecular weight is 351 g/mol. The molecule has 26 heavy (non-hydrogen) atoms. The van der Waals surface area contributed by atoms with Gasteiger partial charge in [0.2, 0.25) is 5.91 Å². The highest BCUT2D eigenvalue weighted by molar-refractivity contribution is 5.83. The number of likely N-dealkylation sites (tertiary alicyclic amines) is 1. The molecule has 1 amide bonds. The van der Waals surface area contributed by atoms with E-state index in [4.69, 9.17) is 5.73 Å². The molecule has 0 bridgehead atoms. The second kappa shape index (κ2) is 8.47. The van der Waals surface area contributed by atoms with E-state index in [2.05, 4.69) is 41.4 Å². The Kier molecular flexibility index (Phi) is 6.07. The summed E-state index contributed by atoms with van der Waals surface area (Å²) in [6.45, 7) is 6.87. The minimum atomic E-state index is -0.632. The Bertz CT molecular complexity index is 718. The van der Waals surface area contributed by atoms with Gasteiger partial charge in [0.15, 0.2) is 0 Å². The van der Waals surface area contributed by atoms with Gasteiger partial charge in [0.05, 0.1) is 6.04 Å². The molecule has 0 saturated carbocycles. The number of nitrogens with zero attached hydrogens (tertiary/aromatic N) is 1. The predicted molar refractivity (Wildman–Crippen MR) is 106 cm³/mol. The number of hydrogen-bond donors (Lipinski definition) is 2. The molecule has 0 aromatic heterocycles. The van der Waals surface area contributed by atoms with Crippen LogP contribution in [0.2, 0.25) is 0 Å². The van der Waals surface area contributed by atoms with E-state index in [0.717, 1.165) is 24.2 Å². The maximum Gasteiger partial charge on any atom is 0.241 e. The van der Waals surface area contributed by atoms with Gasteiger partial charge in [-0.2, -0.15) is 0 Å². The third-order valence-electron chi connectivity index (χ3n) is 5.23. The molecule has 2 aromatic rings. The third-order valence-corrected chi connectivity index (χ3v) is 5.23. The van der Waals surface area contributed by atoms with Crippen LogP contribution in [-0.4, -0.2) is 30.4 Å². The number of carbonyl (C=O) groups is 1. The lowest BCUT2D eigenvalue weighted by atomic mass is 10.0. The van der Waals surface area contributed by atoms with Crippen molar-refractivity contribution in [1.82, 2.24) is 10.2 Å². The summed E-state index contributed by atoms with van der Waals surface area (Å²) in [5, 5.41) is 3.08. The number of hydrogen-bond acceptors (Lipinski definition) is 3. The fourth-order valence-corrected chi connectivity index (χ4v) is 3.53. The first-order valence-electron chi connectivity index (χ1n) is 9.45. The number of rotatable bonds is 6. The van der Waals surface area contributed by atoms with E-state index >= 15 is 0 Å². The number of benzene rings is 2. The normalized spacial score (nSPS) is 17.0. The van der Waals surface area contributed by atoms with Crippen LogP contribution in [0.1, 0.15) is 47.2 Å². The van der Waals surface area contributed by atoms with Crippen molar-refractivity contribution in [2.75, 3.05) is 19.6 Å². The van der Waals surface area contributed by atoms with Crippen molar-refractivity contribution in [3.63, 3.8) is 0 Å². The number of aryl methyl sites for hydroxylation is 2. The van der Waals surface area contributed by atoms with Crippen molar-refractivity contribution in [1.29, 1.82) is 0 Å². The van der Waals surface area contributed by atoms with E-state index in [0.29, 0.717) is 6.54 Å². The summed E-state index contributed by atoms with van der Waals surface area (Å²) in [6, 6.07) is 16.0. The molecule has 2 aromatic carbocycles. The molecule has 3 rings (SSSR count). The van der Waals surface area contributed by atoms with Gasteiger partial charge in [0.25, 0.3) is 0 Å². The fraction of sp³-hybridized carbons (Fsp3) is 0.409. The van der Waals surface area contributed by atoms with Crippen LogP contribution in [0.4, 0.5) is 0 Å². The summed E-state index contributed by atoms with van der Waals surface area (Å²) in [5.74, 6) is -0.120. The average Bonchev–Trinajstić information content (AvgIpc) is 3.17. The van der Waals surface area contributed by atoms with Crippen molar-refractivity contribution >= 4 is 5.91 Å². The van der Waals surface area contributed by atoms with Crippen LogP contribution < -0.4 is 11.1 Å². The van der Waals surface area contributed by atoms with Crippen LogP contribution in [0.5, 0.6) is 0 Å². The zero-order chi connectivity index (χ0) is 18.5. The minimum Gasteiger partial charge on any atom is -0.353 e. The van der Waals surface area contributed by atoms with E-state index in [1.54, 1.807) is 0 Å². The molecule has 1 saturated heterocycles. The second-order valence-corrected chi connectivity index (χ2v) is 7.30. The highest BCUT2D eigenvalue weighted by Gasteiger charge is 2.25. The molecular formula is C22H29N3O. The zero-order valence-corrected chi connectivity index (χ0v) is 15.7. The maximum atomic E-state index is 12.6.